The Kier molecular flexibility index (Phi) is 4.70. The van der Waals surface area contributed by atoms with Crippen LogP contribution in [0.4, 0.5) is 10.5 Å². The highest BCUT2D eigenvalue weighted by Gasteiger charge is 2.34. The lowest BCUT2D eigenvalue weighted by atomic mass is 10.1. The standard InChI is InChI=1S/C19H24N4O2/c24-19(23(18-5-6-18)13-16-7-10-25-14-16)21-17-4-1-3-15(11-17)12-22-9-2-8-20-22/h1-4,8-9,11,16,18H,5-7,10,12-14H2,(H,21,24). The number of urea groups is 1. The Balaban J connectivity index is 1.40. The van der Waals surface area contributed by atoms with E-state index in [9.17, 15) is 4.79 Å². The monoisotopic (exact) mass is 340 g/mol. The number of carbonyl (C=O) groups is 1. The van der Waals surface area contributed by atoms with Crippen LogP contribution in [-0.2, 0) is 11.3 Å². The molecule has 1 saturated heterocycles. The molecule has 1 aromatic heterocycles. The van der Waals surface area contributed by atoms with Crippen LogP contribution in [0.25, 0.3) is 0 Å². The van der Waals surface area contributed by atoms with Crippen molar-refractivity contribution in [3.05, 3.63) is 48.3 Å². The summed E-state index contributed by atoms with van der Waals surface area (Å²) >= 11 is 0. The molecule has 4 rings (SSSR count). The molecule has 1 unspecified atom stereocenters. The Hall–Kier alpha value is -2.34. The molecule has 0 bridgehead atoms. The first-order chi connectivity index (χ1) is 12.3. The van der Waals surface area contributed by atoms with E-state index in [-0.39, 0.29) is 6.03 Å². The summed E-state index contributed by atoms with van der Waals surface area (Å²) in [5, 5.41) is 7.30. The molecule has 0 spiro atoms. The van der Waals surface area contributed by atoms with E-state index in [1.54, 1.807) is 6.20 Å². The van der Waals surface area contributed by atoms with E-state index in [0.29, 0.717) is 18.5 Å². The number of aromatic nitrogens is 2. The van der Waals surface area contributed by atoms with Gasteiger partial charge < -0.3 is 15.0 Å². The van der Waals surface area contributed by atoms with Crippen LogP contribution in [0.15, 0.2) is 42.7 Å². The van der Waals surface area contributed by atoms with Gasteiger partial charge >= 0.3 is 6.03 Å². The fraction of sp³-hybridized carbons (Fsp3) is 0.474. The molecular weight excluding hydrogens is 316 g/mol. The molecule has 2 amide bonds. The second-order valence-electron chi connectivity index (χ2n) is 6.95. The molecule has 2 heterocycles. The summed E-state index contributed by atoms with van der Waals surface area (Å²) in [7, 11) is 0. The zero-order valence-electron chi connectivity index (χ0n) is 14.3. The zero-order chi connectivity index (χ0) is 17.1. The predicted molar refractivity (Wildman–Crippen MR) is 95.4 cm³/mol. The number of hydrogen-bond donors (Lipinski definition) is 1. The molecule has 6 nitrogen and oxygen atoms in total. The van der Waals surface area contributed by atoms with Crippen LogP contribution in [0.3, 0.4) is 0 Å². The second kappa shape index (κ2) is 7.27. The Bertz CT molecular complexity index is 706. The van der Waals surface area contributed by atoms with Crippen LogP contribution >= 0.6 is 0 Å². The summed E-state index contributed by atoms with van der Waals surface area (Å²) < 4.78 is 7.33. The van der Waals surface area contributed by atoms with Crippen LogP contribution in [-0.4, -0.2) is 46.5 Å². The summed E-state index contributed by atoms with van der Waals surface area (Å²) in [6, 6.07) is 10.3. The largest absolute Gasteiger partial charge is 0.381 e. The van der Waals surface area contributed by atoms with E-state index in [1.807, 2.05) is 46.1 Å². The normalized spacial score (nSPS) is 19.8. The number of benzene rings is 1. The third kappa shape index (κ3) is 4.20. The molecule has 132 valence electrons. The van der Waals surface area contributed by atoms with Gasteiger partial charge in [-0.2, -0.15) is 5.10 Å². The Morgan fingerprint density at radius 2 is 2.24 bits per heavy atom. The maximum absolute atomic E-state index is 12.8. The minimum Gasteiger partial charge on any atom is -0.381 e. The topological polar surface area (TPSA) is 59.4 Å². The van der Waals surface area contributed by atoms with Crippen molar-refractivity contribution in [2.75, 3.05) is 25.1 Å². The molecule has 1 saturated carbocycles. The lowest BCUT2D eigenvalue weighted by Gasteiger charge is -2.25. The lowest BCUT2D eigenvalue weighted by molar-refractivity contribution is 0.167. The fourth-order valence-electron chi connectivity index (χ4n) is 3.31. The van der Waals surface area contributed by atoms with Gasteiger partial charge in [-0.25, -0.2) is 4.79 Å². The average Bonchev–Trinajstić information content (AvgIpc) is 3.08. The third-order valence-electron chi connectivity index (χ3n) is 4.81. The van der Waals surface area contributed by atoms with Crippen LogP contribution < -0.4 is 5.32 Å². The molecule has 25 heavy (non-hydrogen) atoms. The first kappa shape index (κ1) is 16.1. The molecule has 2 fully saturated rings. The smallest absolute Gasteiger partial charge is 0.322 e. The van der Waals surface area contributed by atoms with E-state index in [1.165, 1.54) is 0 Å². The second-order valence-corrected chi connectivity index (χ2v) is 6.95. The first-order valence-electron chi connectivity index (χ1n) is 8.99. The van der Waals surface area contributed by atoms with Gasteiger partial charge in [0.05, 0.1) is 13.2 Å². The quantitative estimate of drug-likeness (QED) is 0.879. The highest BCUT2D eigenvalue weighted by atomic mass is 16.5. The number of nitrogens with one attached hydrogen (secondary N) is 1. The van der Waals surface area contributed by atoms with Gasteiger partial charge in [-0.1, -0.05) is 12.1 Å². The van der Waals surface area contributed by atoms with Crippen LogP contribution in [0.1, 0.15) is 24.8 Å². The Labute approximate surface area is 147 Å². The number of nitrogens with zero attached hydrogens (tertiary/aromatic N) is 3. The molecule has 1 aliphatic carbocycles. The van der Waals surface area contributed by atoms with Crippen molar-refractivity contribution in [2.45, 2.75) is 31.8 Å². The predicted octanol–water partition coefficient (Wildman–Crippen LogP) is 2.96. The highest BCUT2D eigenvalue weighted by molar-refractivity contribution is 5.89. The fourth-order valence-corrected chi connectivity index (χ4v) is 3.31. The van der Waals surface area contributed by atoms with Gasteiger partial charge in [-0.05, 0) is 43.0 Å². The molecule has 1 aromatic carbocycles. The number of hydrogen-bond acceptors (Lipinski definition) is 3. The summed E-state index contributed by atoms with van der Waals surface area (Å²) in [6.45, 7) is 3.09. The van der Waals surface area contributed by atoms with Crippen molar-refractivity contribution in [1.29, 1.82) is 0 Å². The molecule has 1 aliphatic heterocycles. The zero-order valence-corrected chi connectivity index (χ0v) is 14.3. The van der Waals surface area contributed by atoms with Crippen molar-refractivity contribution in [2.24, 2.45) is 5.92 Å². The summed E-state index contributed by atoms with van der Waals surface area (Å²) in [4.78, 5) is 14.8. The molecule has 0 radical (unpaired) electrons. The van der Waals surface area contributed by atoms with Gasteiger partial charge in [0.15, 0.2) is 0 Å². The minimum absolute atomic E-state index is 0.00522. The maximum atomic E-state index is 12.8. The van der Waals surface area contributed by atoms with Crippen LogP contribution in [0.5, 0.6) is 0 Å². The van der Waals surface area contributed by atoms with E-state index in [0.717, 1.165) is 50.3 Å². The number of anilines is 1. The number of ether oxygens (including phenoxy) is 1. The molecular formula is C19H24N4O2. The van der Waals surface area contributed by atoms with Crippen molar-refractivity contribution < 1.29 is 9.53 Å². The number of rotatable bonds is 6. The SMILES string of the molecule is O=C(Nc1cccc(Cn2cccn2)c1)N(CC1CCOC1)C1CC1. The summed E-state index contributed by atoms with van der Waals surface area (Å²) in [5.74, 6) is 0.470. The first-order valence-corrected chi connectivity index (χ1v) is 8.99. The minimum atomic E-state index is 0.00522. The van der Waals surface area contributed by atoms with Crippen molar-refractivity contribution in [3.63, 3.8) is 0 Å². The van der Waals surface area contributed by atoms with Crippen LogP contribution in [0, 0.1) is 5.92 Å². The number of carbonyl (C=O) groups excluding carboxylic acids is 1. The van der Waals surface area contributed by atoms with Gasteiger partial charge in [0.2, 0.25) is 0 Å². The Morgan fingerprint density at radius 3 is 2.96 bits per heavy atom. The summed E-state index contributed by atoms with van der Waals surface area (Å²) in [6.07, 6.45) is 6.98. The van der Waals surface area contributed by atoms with Gasteiger partial charge in [-0.15, -0.1) is 0 Å². The van der Waals surface area contributed by atoms with Gasteiger partial charge in [-0.3, -0.25) is 4.68 Å². The Morgan fingerprint density at radius 1 is 1.32 bits per heavy atom. The third-order valence-corrected chi connectivity index (χ3v) is 4.81. The highest BCUT2D eigenvalue weighted by Crippen LogP contribution is 2.29. The van der Waals surface area contributed by atoms with Crippen molar-refractivity contribution >= 4 is 11.7 Å². The van der Waals surface area contributed by atoms with E-state index in [2.05, 4.69) is 10.4 Å². The van der Waals surface area contributed by atoms with Crippen molar-refractivity contribution in [1.82, 2.24) is 14.7 Å². The molecule has 2 aromatic rings. The molecule has 1 N–H and O–H groups in total. The van der Waals surface area contributed by atoms with Crippen molar-refractivity contribution in [3.8, 4) is 0 Å². The van der Waals surface area contributed by atoms with Gasteiger partial charge in [0.1, 0.15) is 0 Å². The van der Waals surface area contributed by atoms with Crippen LogP contribution in [0.2, 0.25) is 0 Å². The summed E-state index contributed by atoms with van der Waals surface area (Å²) in [5.41, 5.74) is 1.95. The number of amides is 2. The lowest BCUT2D eigenvalue weighted by Crippen LogP contribution is -2.40. The molecule has 1 atom stereocenters. The van der Waals surface area contributed by atoms with Gasteiger partial charge in [0.25, 0.3) is 0 Å². The van der Waals surface area contributed by atoms with E-state index >= 15 is 0 Å². The van der Waals surface area contributed by atoms with E-state index < -0.39 is 0 Å². The molecule has 2 aliphatic rings. The van der Waals surface area contributed by atoms with E-state index in [4.69, 9.17) is 4.74 Å². The molecule has 6 heteroatoms. The average molecular weight is 340 g/mol. The van der Waals surface area contributed by atoms with Gasteiger partial charge in [0, 0.05) is 43.2 Å². The maximum Gasteiger partial charge on any atom is 0.322 e.